The van der Waals surface area contributed by atoms with E-state index in [1.807, 2.05) is 0 Å². The van der Waals surface area contributed by atoms with E-state index in [1.54, 1.807) is 12.1 Å². The molecule has 74 valence electrons. The monoisotopic (exact) mass is 214 g/mol. The Bertz CT molecular complexity index is 440. The van der Waals surface area contributed by atoms with Gasteiger partial charge in [-0.15, -0.1) is 11.3 Å². The first kappa shape index (κ1) is 9.21. The van der Waals surface area contributed by atoms with Crippen molar-refractivity contribution in [3.8, 4) is 0 Å². The van der Waals surface area contributed by atoms with Crippen LogP contribution in [0.5, 0.6) is 0 Å². The van der Waals surface area contributed by atoms with E-state index in [1.165, 1.54) is 6.07 Å². The highest BCUT2D eigenvalue weighted by Crippen LogP contribution is 2.35. The Kier molecular flexibility index (Phi) is 2.03. The first-order valence-electron chi connectivity index (χ1n) is 3.94. The van der Waals surface area contributed by atoms with Gasteiger partial charge >= 0.3 is 0 Å². The summed E-state index contributed by atoms with van der Waals surface area (Å²) in [6.45, 7) is 0. The maximum Gasteiger partial charge on any atom is 0.272 e. The maximum atomic E-state index is 12.4. The molecule has 0 unspecified atom stereocenters. The van der Waals surface area contributed by atoms with Crippen molar-refractivity contribution in [3.63, 3.8) is 0 Å². The van der Waals surface area contributed by atoms with Crippen LogP contribution in [-0.2, 0) is 0 Å². The maximum absolute atomic E-state index is 12.4. The second-order valence-corrected chi connectivity index (χ2v) is 4.08. The number of halogens is 2. The fourth-order valence-electron chi connectivity index (χ4n) is 1.25. The summed E-state index contributed by atoms with van der Waals surface area (Å²) in [5.41, 5.74) is 12.0. The Morgan fingerprint density at radius 2 is 1.71 bits per heavy atom. The molecule has 2 aromatic rings. The zero-order chi connectivity index (χ0) is 10.3. The molecule has 0 fully saturated rings. The lowest BCUT2D eigenvalue weighted by Gasteiger charge is -1.98. The number of hydrogen-bond acceptors (Lipinski definition) is 3. The van der Waals surface area contributed by atoms with Crippen molar-refractivity contribution in [1.82, 2.24) is 0 Å². The van der Waals surface area contributed by atoms with Gasteiger partial charge in [0.15, 0.2) is 0 Å². The van der Waals surface area contributed by atoms with Crippen LogP contribution in [0.4, 0.5) is 20.2 Å². The van der Waals surface area contributed by atoms with Crippen LogP contribution < -0.4 is 11.5 Å². The number of thiophene rings is 1. The SMILES string of the molecule is Nc1cc2cc(C(F)F)sc2cc1N. The Morgan fingerprint density at radius 3 is 2.36 bits per heavy atom. The third-order valence-corrected chi connectivity index (χ3v) is 3.06. The van der Waals surface area contributed by atoms with Gasteiger partial charge < -0.3 is 11.5 Å². The summed E-state index contributed by atoms with van der Waals surface area (Å²) in [6.07, 6.45) is -2.44. The number of anilines is 2. The summed E-state index contributed by atoms with van der Waals surface area (Å²) in [6, 6.07) is 4.69. The van der Waals surface area contributed by atoms with Gasteiger partial charge in [-0.25, -0.2) is 8.78 Å². The van der Waals surface area contributed by atoms with Crippen LogP contribution >= 0.6 is 11.3 Å². The smallest absolute Gasteiger partial charge is 0.272 e. The van der Waals surface area contributed by atoms with Crippen LogP contribution in [0, 0.1) is 0 Å². The van der Waals surface area contributed by atoms with Crippen molar-refractivity contribution in [2.45, 2.75) is 6.43 Å². The molecule has 0 aliphatic carbocycles. The zero-order valence-electron chi connectivity index (χ0n) is 7.13. The lowest BCUT2D eigenvalue weighted by Crippen LogP contribution is -1.92. The molecule has 4 N–H and O–H groups in total. The Hall–Kier alpha value is -1.36. The van der Waals surface area contributed by atoms with Crippen LogP contribution in [0.3, 0.4) is 0 Å². The molecule has 0 saturated heterocycles. The van der Waals surface area contributed by atoms with Gasteiger partial charge in [-0.3, -0.25) is 0 Å². The number of fused-ring (bicyclic) bond motifs is 1. The fourth-order valence-corrected chi connectivity index (χ4v) is 2.20. The number of rotatable bonds is 1. The van der Waals surface area contributed by atoms with E-state index in [0.717, 1.165) is 21.4 Å². The average molecular weight is 214 g/mol. The summed E-state index contributed by atoms with van der Waals surface area (Å²) >= 11 is 1.04. The first-order valence-corrected chi connectivity index (χ1v) is 4.76. The van der Waals surface area contributed by atoms with Gasteiger partial charge in [0.1, 0.15) is 0 Å². The summed E-state index contributed by atoms with van der Waals surface area (Å²) in [7, 11) is 0. The summed E-state index contributed by atoms with van der Waals surface area (Å²) in [5, 5.41) is 0.719. The highest BCUT2D eigenvalue weighted by Gasteiger charge is 2.11. The molecule has 0 saturated carbocycles. The first-order chi connectivity index (χ1) is 6.58. The standard InChI is InChI=1S/C9H8F2N2S/c10-9(11)8-2-4-1-5(12)6(13)3-7(4)14-8/h1-3,9H,12-13H2. The van der Waals surface area contributed by atoms with Crippen LogP contribution in [0.2, 0.25) is 0 Å². The molecule has 0 amide bonds. The Morgan fingerprint density at radius 1 is 1.07 bits per heavy atom. The second kappa shape index (κ2) is 3.09. The van der Waals surface area contributed by atoms with Crippen LogP contribution in [0.1, 0.15) is 11.3 Å². The van der Waals surface area contributed by atoms with E-state index in [9.17, 15) is 8.78 Å². The lowest BCUT2D eigenvalue weighted by atomic mass is 10.2. The number of benzene rings is 1. The largest absolute Gasteiger partial charge is 0.397 e. The Balaban J connectivity index is 2.66. The van der Waals surface area contributed by atoms with Gasteiger partial charge in [0.2, 0.25) is 0 Å². The third-order valence-electron chi connectivity index (χ3n) is 1.96. The van der Waals surface area contributed by atoms with Crippen molar-refractivity contribution >= 4 is 32.8 Å². The quantitative estimate of drug-likeness (QED) is 0.717. The predicted octanol–water partition coefficient (Wildman–Crippen LogP) is 3.00. The highest BCUT2D eigenvalue weighted by atomic mass is 32.1. The number of nitrogen functional groups attached to an aromatic ring is 2. The molecule has 0 spiro atoms. The van der Waals surface area contributed by atoms with Crippen molar-refractivity contribution in [1.29, 1.82) is 0 Å². The fraction of sp³-hybridized carbons (Fsp3) is 0.111. The van der Waals surface area contributed by atoms with E-state index >= 15 is 0 Å². The van der Waals surface area contributed by atoms with E-state index in [4.69, 9.17) is 11.5 Å². The van der Waals surface area contributed by atoms with Crippen LogP contribution in [0.25, 0.3) is 10.1 Å². The molecule has 0 atom stereocenters. The molecular weight excluding hydrogens is 206 g/mol. The topological polar surface area (TPSA) is 52.0 Å². The van der Waals surface area contributed by atoms with Gasteiger partial charge in [0, 0.05) is 4.70 Å². The second-order valence-electron chi connectivity index (χ2n) is 2.97. The number of alkyl halides is 2. The summed E-state index contributed by atoms with van der Waals surface area (Å²) in [4.78, 5) is 0.0463. The molecule has 2 nitrogen and oxygen atoms in total. The van der Waals surface area contributed by atoms with E-state index < -0.39 is 6.43 Å². The molecule has 0 aliphatic rings. The van der Waals surface area contributed by atoms with Crippen molar-refractivity contribution in [3.05, 3.63) is 23.1 Å². The third kappa shape index (κ3) is 1.39. The van der Waals surface area contributed by atoms with Gasteiger partial charge in [-0.1, -0.05) is 0 Å². The summed E-state index contributed by atoms with van der Waals surface area (Å²) < 4.78 is 25.5. The lowest BCUT2D eigenvalue weighted by molar-refractivity contribution is 0.156. The minimum Gasteiger partial charge on any atom is -0.397 e. The van der Waals surface area contributed by atoms with E-state index in [-0.39, 0.29) is 4.88 Å². The molecule has 2 rings (SSSR count). The van der Waals surface area contributed by atoms with Crippen molar-refractivity contribution < 1.29 is 8.78 Å². The van der Waals surface area contributed by atoms with Gasteiger partial charge in [0.05, 0.1) is 16.3 Å². The molecule has 5 heteroatoms. The number of nitrogens with two attached hydrogens (primary N) is 2. The average Bonchev–Trinajstić information content (AvgIpc) is 2.48. The van der Waals surface area contributed by atoms with Gasteiger partial charge in [-0.05, 0) is 23.6 Å². The van der Waals surface area contributed by atoms with Crippen molar-refractivity contribution in [2.24, 2.45) is 0 Å². The van der Waals surface area contributed by atoms with E-state index in [2.05, 4.69) is 0 Å². The van der Waals surface area contributed by atoms with Crippen LogP contribution in [0.15, 0.2) is 18.2 Å². The molecule has 0 radical (unpaired) electrons. The molecule has 14 heavy (non-hydrogen) atoms. The molecule has 1 aromatic carbocycles. The number of hydrogen-bond donors (Lipinski definition) is 2. The molecular formula is C9H8F2N2S. The molecule has 1 aromatic heterocycles. The highest BCUT2D eigenvalue weighted by molar-refractivity contribution is 7.19. The minimum absolute atomic E-state index is 0.0463. The van der Waals surface area contributed by atoms with E-state index in [0.29, 0.717) is 11.4 Å². The molecule has 0 aliphatic heterocycles. The normalized spacial score (nSPS) is 11.4. The summed E-state index contributed by atoms with van der Waals surface area (Å²) in [5.74, 6) is 0. The molecule has 1 heterocycles. The van der Waals surface area contributed by atoms with Crippen LogP contribution in [-0.4, -0.2) is 0 Å². The molecule has 0 bridgehead atoms. The van der Waals surface area contributed by atoms with Gasteiger partial charge in [0.25, 0.3) is 6.43 Å². The van der Waals surface area contributed by atoms with Gasteiger partial charge in [-0.2, -0.15) is 0 Å². The zero-order valence-corrected chi connectivity index (χ0v) is 7.94. The minimum atomic E-state index is -2.44. The Labute approximate surface area is 83.1 Å². The van der Waals surface area contributed by atoms with Crippen molar-refractivity contribution in [2.75, 3.05) is 11.5 Å². The predicted molar refractivity (Wildman–Crippen MR) is 55.6 cm³/mol.